The Morgan fingerprint density at radius 1 is 1.50 bits per heavy atom. The summed E-state index contributed by atoms with van der Waals surface area (Å²) in [4.78, 5) is 21.6. The maximum atomic E-state index is 10.8. The highest BCUT2D eigenvalue weighted by molar-refractivity contribution is 5.81. The molecule has 0 bridgehead atoms. The zero-order chi connectivity index (χ0) is 12.1. The van der Waals surface area contributed by atoms with Crippen molar-refractivity contribution in [2.24, 2.45) is 0 Å². The topological polar surface area (TPSA) is 95.2 Å². The first-order valence-corrected chi connectivity index (χ1v) is 4.69. The molecule has 6 nitrogen and oxygen atoms in total. The average Bonchev–Trinajstić information content (AvgIpc) is 2.19. The fourth-order valence-electron chi connectivity index (χ4n) is 1.22. The van der Waals surface area contributed by atoms with Gasteiger partial charge in [0.2, 0.25) is 5.91 Å². The van der Waals surface area contributed by atoms with Crippen molar-refractivity contribution in [3.05, 3.63) is 29.9 Å². The number of hydrogen-bond donors (Lipinski definition) is 3. The molecule has 6 heteroatoms. The third kappa shape index (κ3) is 3.56. The second-order valence-electron chi connectivity index (χ2n) is 3.37. The van der Waals surface area contributed by atoms with E-state index in [1.54, 1.807) is 29.1 Å². The van der Waals surface area contributed by atoms with Crippen molar-refractivity contribution in [3.8, 4) is 0 Å². The lowest BCUT2D eigenvalue weighted by Gasteiger charge is -2.14. The monoisotopic (exact) mass is 223 g/mol. The molecule has 0 aliphatic heterocycles. The maximum absolute atomic E-state index is 10.8. The van der Waals surface area contributed by atoms with E-state index < -0.39 is 12.0 Å². The van der Waals surface area contributed by atoms with E-state index in [0.717, 1.165) is 0 Å². The van der Waals surface area contributed by atoms with E-state index in [4.69, 9.17) is 10.5 Å². The zero-order valence-electron chi connectivity index (χ0n) is 8.80. The zero-order valence-corrected chi connectivity index (χ0v) is 8.80. The molecular weight excluding hydrogens is 210 g/mol. The predicted octanol–water partition coefficient (Wildman–Crippen LogP) is -0.443. The quantitative estimate of drug-likeness (QED) is 0.645. The number of carbonyl (C=O) groups is 2. The van der Waals surface area contributed by atoms with Gasteiger partial charge in [-0.25, -0.2) is 4.79 Å². The highest BCUT2D eigenvalue weighted by Gasteiger charge is 2.17. The molecule has 0 saturated heterocycles. The van der Waals surface area contributed by atoms with Crippen LogP contribution in [0.15, 0.2) is 24.5 Å². The van der Waals surface area contributed by atoms with Gasteiger partial charge >= 0.3 is 5.97 Å². The summed E-state index contributed by atoms with van der Waals surface area (Å²) >= 11 is 0. The van der Waals surface area contributed by atoms with E-state index in [1.807, 2.05) is 0 Å². The summed E-state index contributed by atoms with van der Waals surface area (Å²) in [6.07, 6.45) is 3.19. The number of hydrogen-bond acceptors (Lipinski definition) is 3. The molecule has 86 valence electrons. The predicted molar refractivity (Wildman–Crippen MR) is 55.5 cm³/mol. The third-order valence-corrected chi connectivity index (χ3v) is 1.96. The lowest BCUT2D eigenvalue weighted by atomic mass is 10.3. The second kappa shape index (κ2) is 5.11. The van der Waals surface area contributed by atoms with Crippen molar-refractivity contribution in [1.82, 2.24) is 9.88 Å². The van der Waals surface area contributed by atoms with Gasteiger partial charge in [-0.05, 0) is 12.1 Å². The standard InChI is InChI=1S/C10H13N3O3/c1-7(14)12-9(10(15)16)6-13-4-2-8(11)3-5-13/h2-5,9,11H,6H2,1H3,(H,12,14)(H,15,16). The van der Waals surface area contributed by atoms with Gasteiger partial charge in [-0.3, -0.25) is 4.79 Å². The normalized spacial score (nSPS) is 11.8. The fourth-order valence-corrected chi connectivity index (χ4v) is 1.22. The van der Waals surface area contributed by atoms with Crippen LogP contribution in [-0.2, 0) is 16.1 Å². The van der Waals surface area contributed by atoms with Gasteiger partial charge in [-0.1, -0.05) is 0 Å². The number of rotatable bonds is 4. The van der Waals surface area contributed by atoms with Gasteiger partial charge in [-0.15, -0.1) is 0 Å². The van der Waals surface area contributed by atoms with Crippen LogP contribution in [0, 0.1) is 5.41 Å². The molecule has 1 heterocycles. The van der Waals surface area contributed by atoms with E-state index >= 15 is 0 Å². The molecule has 1 aromatic heterocycles. The van der Waals surface area contributed by atoms with E-state index in [2.05, 4.69) is 5.32 Å². The fraction of sp³-hybridized carbons (Fsp3) is 0.300. The van der Waals surface area contributed by atoms with Crippen molar-refractivity contribution in [1.29, 1.82) is 5.41 Å². The summed E-state index contributed by atoms with van der Waals surface area (Å²) in [6.45, 7) is 1.41. The van der Waals surface area contributed by atoms with Gasteiger partial charge in [0.25, 0.3) is 0 Å². The van der Waals surface area contributed by atoms with Gasteiger partial charge in [0.1, 0.15) is 6.04 Å². The van der Waals surface area contributed by atoms with Crippen LogP contribution < -0.4 is 10.7 Å². The number of pyridine rings is 1. The lowest BCUT2D eigenvalue weighted by Crippen LogP contribution is -2.42. The Bertz CT molecular complexity index is 432. The Hall–Kier alpha value is -2.11. The number of nitrogens with zero attached hydrogens (tertiary/aromatic N) is 1. The first kappa shape index (κ1) is 12.0. The van der Waals surface area contributed by atoms with Crippen LogP contribution in [0.25, 0.3) is 0 Å². The van der Waals surface area contributed by atoms with Gasteiger partial charge in [0.15, 0.2) is 0 Å². The van der Waals surface area contributed by atoms with Crippen LogP contribution in [-0.4, -0.2) is 27.6 Å². The third-order valence-electron chi connectivity index (χ3n) is 1.96. The number of carboxylic acids is 1. The van der Waals surface area contributed by atoms with Crippen LogP contribution in [0.4, 0.5) is 0 Å². The summed E-state index contributed by atoms with van der Waals surface area (Å²) < 4.78 is 1.60. The highest BCUT2D eigenvalue weighted by Crippen LogP contribution is 1.92. The lowest BCUT2D eigenvalue weighted by molar-refractivity contribution is -0.141. The molecule has 0 radical (unpaired) electrons. The first-order chi connectivity index (χ1) is 7.49. The number of amides is 1. The number of carboxylic acid groups (broad SMARTS) is 1. The number of aromatic nitrogens is 1. The van der Waals surface area contributed by atoms with Crippen molar-refractivity contribution in [3.63, 3.8) is 0 Å². The first-order valence-electron chi connectivity index (χ1n) is 4.69. The van der Waals surface area contributed by atoms with E-state index in [9.17, 15) is 9.59 Å². The molecule has 0 aromatic carbocycles. The minimum absolute atomic E-state index is 0.134. The minimum Gasteiger partial charge on any atom is -0.480 e. The SMILES string of the molecule is CC(=O)NC(Cn1ccc(=N)cc1)C(=O)O. The van der Waals surface area contributed by atoms with Crippen LogP contribution in [0.2, 0.25) is 0 Å². The Morgan fingerprint density at radius 3 is 2.50 bits per heavy atom. The smallest absolute Gasteiger partial charge is 0.328 e. The Labute approximate surface area is 92.0 Å². The van der Waals surface area contributed by atoms with Crippen LogP contribution in [0.3, 0.4) is 0 Å². The molecule has 16 heavy (non-hydrogen) atoms. The molecule has 1 atom stereocenters. The van der Waals surface area contributed by atoms with E-state index in [-0.39, 0.29) is 12.5 Å². The molecule has 1 rings (SSSR count). The van der Waals surface area contributed by atoms with Gasteiger partial charge < -0.3 is 20.4 Å². The van der Waals surface area contributed by atoms with Gasteiger partial charge in [0, 0.05) is 19.3 Å². The van der Waals surface area contributed by atoms with Gasteiger partial charge in [-0.2, -0.15) is 0 Å². The molecule has 1 unspecified atom stereocenters. The van der Waals surface area contributed by atoms with Crippen LogP contribution in [0.5, 0.6) is 0 Å². The summed E-state index contributed by atoms with van der Waals surface area (Å²) in [5.74, 6) is -1.47. The molecule has 3 N–H and O–H groups in total. The van der Waals surface area contributed by atoms with Crippen molar-refractivity contribution < 1.29 is 14.7 Å². The Morgan fingerprint density at radius 2 is 2.06 bits per heavy atom. The molecule has 0 spiro atoms. The van der Waals surface area contributed by atoms with Crippen LogP contribution in [0.1, 0.15) is 6.92 Å². The molecule has 0 aliphatic carbocycles. The number of nitrogens with one attached hydrogen (secondary N) is 2. The largest absolute Gasteiger partial charge is 0.480 e. The number of aliphatic carboxylic acids is 1. The Kier molecular flexibility index (Phi) is 3.82. The molecular formula is C10H13N3O3. The molecule has 0 fully saturated rings. The van der Waals surface area contributed by atoms with E-state index in [0.29, 0.717) is 5.36 Å². The number of carbonyl (C=O) groups excluding carboxylic acids is 1. The van der Waals surface area contributed by atoms with Crippen LogP contribution >= 0.6 is 0 Å². The summed E-state index contributed by atoms with van der Waals surface area (Å²) in [7, 11) is 0. The van der Waals surface area contributed by atoms with Crippen molar-refractivity contribution in [2.75, 3.05) is 0 Å². The summed E-state index contributed by atoms with van der Waals surface area (Å²) in [6, 6.07) is 2.14. The molecule has 0 aliphatic rings. The summed E-state index contributed by atoms with van der Waals surface area (Å²) in [5.41, 5.74) is 0. The Balaban J connectivity index is 2.75. The maximum Gasteiger partial charge on any atom is 0.328 e. The van der Waals surface area contributed by atoms with Crippen molar-refractivity contribution in [2.45, 2.75) is 19.5 Å². The van der Waals surface area contributed by atoms with E-state index in [1.165, 1.54) is 6.92 Å². The molecule has 0 saturated carbocycles. The molecule has 1 aromatic rings. The highest BCUT2D eigenvalue weighted by atomic mass is 16.4. The van der Waals surface area contributed by atoms with Crippen molar-refractivity contribution >= 4 is 11.9 Å². The summed E-state index contributed by atoms with van der Waals surface area (Å²) in [5, 5.41) is 18.8. The molecule has 1 amide bonds. The second-order valence-corrected chi connectivity index (χ2v) is 3.37. The minimum atomic E-state index is -1.09. The average molecular weight is 223 g/mol. The van der Waals surface area contributed by atoms with Gasteiger partial charge in [0.05, 0.1) is 11.9 Å².